The lowest BCUT2D eigenvalue weighted by Gasteiger charge is -2.48. The molecule has 7 heteroatoms. The zero-order valence-electron chi connectivity index (χ0n) is 18.5. The fraction of sp³-hybridized carbons (Fsp3) is 0.696. The van der Waals surface area contributed by atoms with Crippen LogP contribution in [-0.4, -0.2) is 49.3 Å². The van der Waals surface area contributed by atoms with E-state index >= 15 is 0 Å². The second-order valence-corrected chi connectivity index (χ2v) is 10.2. The van der Waals surface area contributed by atoms with Gasteiger partial charge in [-0.1, -0.05) is 51.1 Å². The van der Waals surface area contributed by atoms with Crippen LogP contribution < -0.4 is 0 Å². The summed E-state index contributed by atoms with van der Waals surface area (Å²) in [5.41, 5.74) is 0.0159. The second kappa shape index (κ2) is 7.57. The first-order valence-electron chi connectivity index (χ1n) is 10.5. The molecule has 3 fully saturated rings. The van der Waals surface area contributed by atoms with Gasteiger partial charge in [0.15, 0.2) is 6.29 Å². The predicted molar refractivity (Wildman–Crippen MR) is 107 cm³/mol. The normalized spacial score (nSPS) is 35.5. The lowest BCUT2D eigenvalue weighted by Crippen LogP contribution is -2.64. The number of esters is 1. The molecule has 6 atom stereocenters. The Bertz CT molecular complexity index is 766. The molecule has 0 aromatic heterocycles. The van der Waals surface area contributed by atoms with Crippen LogP contribution >= 0.6 is 0 Å². The average molecular weight is 426 g/mol. The predicted octanol–water partition coefficient (Wildman–Crippen LogP) is 3.40. The monoisotopic (exact) mass is 426 g/mol. The van der Waals surface area contributed by atoms with Crippen LogP contribution in [0.4, 0.5) is 0 Å². The molecule has 166 valence electrons. The minimum Gasteiger partial charge on any atom is -0.462 e. The number of hydrogen-bond donors (Lipinski definition) is 0. The van der Waals surface area contributed by atoms with Crippen LogP contribution in [0.2, 0.25) is 0 Å². The molecule has 0 saturated carbocycles. The minimum atomic E-state index is -1.22. The Labute approximate surface area is 177 Å². The minimum absolute atomic E-state index is 0.0682. The van der Waals surface area contributed by atoms with Crippen LogP contribution in [0.15, 0.2) is 30.3 Å². The number of carbonyl (C=O) groups is 1. The Balaban J connectivity index is 1.53. The van der Waals surface area contributed by atoms with E-state index in [1.165, 1.54) is 0 Å². The van der Waals surface area contributed by atoms with Gasteiger partial charge in [-0.05, 0) is 26.3 Å². The second-order valence-electron chi connectivity index (χ2n) is 10.2. The molecule has 3 bridgehead atoms. The Kier molecular flexibility index (Phi) is 5.48. The van der Waals surface area contributed by atoms with E-state index in [9.17, 15) is 4.79 Å². The summed E-state index contributed by atoms with van der Waals surface area (Å²) in [5.74, 6) is -1.51. The molecule has 4 rings (SSSR count). The molecule has 30 heavy (non-hydrogen) atoms. The lowest BCUT2D eigenvalue weighted by molar-refractivity contribution is -0.430. The zero-order chi connectivity index (χ0) is 21.7. The van der Waals surface area contributed by atoms with E-state index in [0.29, 0.717) is 6.61 Å². The quantitative estimate of drug-likeness (QED) is 0.528. The number of benzene rings is 1. The van der Waals surface area contributed by atoms with E-state index in [-0.39, 0.29) is 12.6 Å². The summed E-state index contributed by atoms with van der Waals surface area (Å²) in [5, 5.41) is 0. The summed E-state index contributed by atoms with van der Waals surface area (Å²) >= 11 is 0. The van der Waals surface area contributed by atoms with Gasteiger partial charge in [0.05, 0.1) is 12.0 Å². The molecule has 0 radical (unpaired) electrons. The highest BCUT2D eigenvalue weighted by molar-refractivity contribution is 5.75. The molecule has 0 N–H and O–H groups in total. The fourth-order valence-corrected chi connectivity index (χ4v) is 3.83. The van der Waals surface area contributed by atoms with Crippen LogP contribution in [0.3, 0.4) is 0 Å². The summed E-state index contributed by atoms with van der Waals surface area (Å²) < 4.78 is 36.6. The van der Waals surface area contributed by atoms with Gasteiger partial charge < -0.3 is 23.7 Å². The summed E-state index contributed by atoms with van der Waals surface area (Å²) in [6.07, 6.45) is -2.46. The molecule has 1 aromatic rings. The van der Waals surface area contributed by atoms with Crippen molar-refractivity contribution in [1.82, 2.24) is 0 Å². The van der Waals surface area contributed by atoms with Crippen molar-refractivity contribution in [2.24, 2.45) is 10.8 Å². The van der Waals surface area contributed by atoms with Gasteiger partial charge in [0.1, 0.15) is 31.0 Å². The first-order valence-corrected chi connectivity index (χ1v) is 10.5. The van der Waals surface area contributed by atoms with Crippen molar-refractivity contribution < 1.29 is 33.2 Å². The van der Waals surface area contributed by atoms with Crippen LogP contribution in [0.1, 0.15) is 47.1 Å². The van der Waals surface area contributed by atoms with E-state index in [1.54, 1.807) is 0 Å². The van der Waals surface area contributed by atoms with Crippen molar-refractivity contribution in [2.45, 2.75) is 84.8 Å². The average Bonchev–Trinajstić information content (AvgIpc) is 2.89. The Morgan fingerprint density at radius 1 is 1.00 bits per heavy atom. The third-order valence-corrected chi connectivity index (χ3v) is 5.64. The first kappa shape index (κ1) is 21.7. The van der Waals surface area contributed by atoms with Gasteiger partial charge in [0, 0.05) is 5.41 Å². The van der Waals surface area contributed by atoms with Crippen LogP contribution in [0.25, 0.3) is 0 Å². The molecule has 3 saturated heterocycles. The van der Waals surface area contributed by atoms with Crippen molar-refractivity contribution >= 4 is 5.97 Å². The van der Waals surface area contributed by atoms with Gasteiger partial charge in [0.25, 0.3) is 5.97 Å². The van der Waals surface area contributed by atoms with Crippen molar-refractivity contribution in [3.05, 3.63) is 35.9 Å². The first-order chi connectivity index (χ1) is 14.0. The zero-order valence-corrected chi connectivity index (χ0v) is 18.5. The third kappa shape index (κ3) is 3.89. The van der Waals surface area contributed by atoms with Crippen molar-refractivity contribution in [1.29, 1.82) is 0 Å². The van der Waals surface area contributed by atoms with Crippen molar-refractivity contribution in [3.8, 4) is 0 Å². The van der Waals surface area contributed by atoms with Crippen LogP contribution in [0.5, 0.6) is 0 Å². The molecule has 0 aliphatic carbocycles. The number of rotatable bonds is 5. The molecule has 3 aliphatic rings. The van der Waals surface area contributed by atoms with Crippen LogP contribution in [-0.2, 0) is 39.8 Å². The summed E-state index contributed by atoms with van der Waals surface area (Å²) in [4.78, 5) is 12.3. The Morgan fingerprint density at radius 2 is 1.67 bits per heavy atom. The van der Waals surface area contributed by atoms with Gasteiger partial charge in [-0.25, -0.2) is 0 Å². The van der Waals surface area contributed by atoms with E-state index < -0.39 is 47.5 Å². The highest BCUT2D eigenvalue weighted by Crippen LogP contribution is 2.53. The molecular formula is C23H32O7. The topological polar surface area (TPSA) is 72.5 Å². The SMILES string of the molecule is CC(C)(C)C(=O)O[13CH2][13C@H]1O[13C@@H]2OC3(C(C)(C)C)O[13C@@H]2[13C@@H](OCc2ccccc2)[13C@@H]1O3. The standard InChI is InChI=1S/C23H32O7/c1-21(2,3)20(24)26-13-15-16-17(25-12-14-10-8-7-9-11-14)18-19(27-15)30-23(28-16,29-18)22(4,5)6/h7-11,15-19H,12-13H2,1-6H3/t15-,16-,17+,18-,19-,23?/m1/s1/i13+1,15+1,16+1,17+1,18+1,19+1. The van der Waals surface area contributed by atoms with E-state index in [2.05, 4.69) is 0 Å². The molecule has 0 amide bonds. The molecular weight excluding hydrogens is 394 g/mol. The van der Waals surface area contributed by atoms with E-state index in [1.807, 2.05) is 71.9 Å². The summed E-state index contributed by atoms with van der Waals surface area (Å²) in [7, 11) is 0. The van der Waals surface area contributed by atoms with E-state index in [0.717, 1.165) is 5.56 Å². The molecule has 3 aliphatic heterocycles. The maximum Gasteiger partial charge on any atom is 0.311 e. The summed E-state index contributed by atoms with van der Waals surface area (Å²) in [6, 6.07) is 9.92. The molecule has 3 heterocycles. The highest BCUT2D eigenvalue weighted by atomic mass is 17.1. The Hall–Kier alpha value is -1.51. The van der Waals surface area contributed by atoms with Crippen molar-refractivity contribution in [2.75, 3.05) is 6.61 Å². The molecule has 0 spiro atoms. The number of ether oxygens (including phenoxy) is 6. The smallest absolute Gasteiger partial charge is 0.311 e. The highest BCUT2D eigenvalue weighted by Gasteiger charge is 2.69. The molecule has 1 unspecified atom stereocenters. The van der Waals surface area contributed by atoms with Crippen LogP contribution in [0, 0.1) is 10.8 Å². The largest absolute Gasteiger partial charge is 0.462 e. The Morgan fingerprint density at radius 3 is 2.30 bits per heavy atom. The third-order valence-electron chi connectivity index (χ3n) is 5.64. The number of fused-ring (bicyclic) bond motifs is 2. The molecule has 7 nitrogen and oxygen atoms in total. The maximum atomic E-state index is 12.3. The molecule has 1 aromatic carbocycles. The summed E-state index contributed by atoms with van der Waals surface area (Å²) in [6.45, 7) is 11.9. The maximum absolute atomic E-state index is 12.3. The number of hydrogen-bond acceptors (Lipinski definition) is 7. The lowest BCUT2D eigenvalue weighted by atomic mass is 9.93. The fourth-order valence-electron chi connectivity index (χ4n) is 3.83. The van der Waals surface area contributed by atoms with Gasteiger partial charge in [-0.3, -0.25) is 9.53 Å². The van der Waals surface area contributed by atoms with Gasteiger partial charge in [0.2, 0.25) is 0 Å². The number of carbonyl (C=O) groups excluding carboxylic acids is 1. The van der Waals surface area contributed by atoms with Crippen molar-refractivity contribution in [3.63, 3.8) is 0 Å². The van der Waals surface area contributed by atoms with E-state index in [4.69, 9.17) is 28.4 Å². The van der Waals surface area contributed by atoms with Gasteiger partial charge in [-0.15, -0.1) is 0 Å². The van der Waals surface area contributed by atoms with Gasteiger partial charge in [-0.2, -0.15) is 0 Å². The van der Waals surface area contributed by atoms with Gasteiger partial charge >= 0.3 is 5.97 Å².